The van der Waals surface area contributed by atoms with Gasteiger partial charge in [0.15, 0.2) is 0 Å². The Balaban J connectivity index is 1.72. The summed E-state index contributed by atoms with van der Waals surface area (Å²) in [5, 5.41) is 2.83. The quantitative estimate of drug-likeness (QED) is 0.678. The summed E-state index contributed by atoms with van der Waals surface area (Å²) in [5.74, 6) is -0.159. The number of nitrogens with zero attached hydrogens (tertiary/aromatic N) is 4. The Morgan fingerprint density at radius 3 is 2.71 bits per heavy atom. The molecular formula is C20H20F3N5O3. The van der Waals surface area contributed by atoms with Crippen molar-refractivity contribution in [2.45, 2.75) is 25.2 Å². The highest BCUT2D eigenvalue weighted by Crippen LogP contribution is 2.32. The zero-order valence-corrected chi connectivity index (χ0v) is 16.8. The minimum atomic E-state index is -4.48. The molecule has 1 amide bonds. The molecule has 2 aromatic heterocycles. The average Bonchev–Trinajstić information content (AvgIpc) is 3.08. The van der Waals surface area contributed by atoms with E-state index in [0.29, 0.717) is 30.2 Å². The molecule has 0 saturated carbocycles. The molecule has 4 rings (SSSR count). The lowest BCUT2D eigenvalue weighted by Gasteiger charge is -2.30. The summed E-state index contributed by atoms with van der Waals surface area (Å²) in [4.78, 5) is 25.3. The lowest BCUT2D eigenvalue weighted by atomic mass is 10.1. The highest BCUT2D eigenvalue weighted by molar-refractivity contribution is 5.92. The second kappa shape index (κ2) is 8.23. The highest BCUT2D eigenvalue weighted by atomic mass is 19.4. The molecule has 1 saturated heterocycles. The molecule has 1 N–H and O–H groups in total. The number of fused-ring (bicyclic) bond motifs is 1. The van der Waals surface area contributed by atoms with Gasteiger partial charge in [0.25, 0.3) is 5.91 Å². The fraction of sp³-hybridized carbons (Fsp3) is 0.400. The van der Waals surface area contributed by atoms with Crippen molar-refractivity contribution < 1.29 is 27.4 Å². The van der Waals surface area contributed by atoms with Gasteiger partial charge < -0.3 is 19.4 Å². The summed E-state index contributed by atoms with van der Waals surface area (Å²) >= 11 is 0. The number of rotatable bonds is 4. The predicted octanol–water partition coefficient (Wildman–Crippen LogP) is 2.58. The van der Waals surface area contributed by atoms with Crippen molar-refractivity contribution in [2.75, 3.05) is 19.8 Å². The molecule has 0 aliphatic carbocycles. The first-order valence-corrected chi connectivity index (χ1v) is 9.56. The molecule has 31 heavy (non-hydrogen) atoms. The Morgan fingerprint density at radius 2 is 2.06 bits per heavy atom. The maximum Gasteiger partial charge on any atom is 0.416 e. The van der Waals surface area contributed by atoms with E-state index in [1.807, 2.05) is 0 Å². The molecule has 2 atom stereocenters. The summed E-state index contributed by atoms with van der Waals surface area (Å²) in [6, 6.07) is 2.57. The van der Waals surface area contributed by atoms with Crippen LogP contribution < -0.4 is 5.32 Å². The fourth-order valence-electron chi connectivity index (χ4n) is 3.42. The second-order valence-electron chi connectivity index (χ2n) is 7.21. The normalized spacial score (nSPS) is 18.2. The highest BCUT2D eigenvalue weighted by Gasteiger charge is 2.34. The number of aryl methyl sites for hydroxylation is 2. The molecule has 8 nitrogen and oxygen atoms in total. The molecule has 0 spiro atoms. The number of aromatic nitrogens is 4. The molecule has 3 heterocycles. The molecular weight excluding hydrogens is 415 g/mol. The van der Waals surface area contributed by atoms with Gasteiger partial charge in [-0.2, -0.15) is 13.2 Å². The number of benzene rings is 1. The van der Waals surface area contributed by atoms with Gasteiger partial charge in [-0.1, -0.05) is 0 Å². The van der Waals surface area contributed by atoms with Gasteiger partial charge in [-0.05, 0) is 25.1 Å². The summed E-state index contributed by atoms with van der Waals surface area (Å²) in [6.07, 6.45) is -2.24. The molecule has 0 radical (unpaired) electrons. The topological polar surface area (TPSA) is 91.2 Å². The lowest BCUT2D eigenvalue weighted by molar-refractivity contribution is -0.137. The van der Waals surface area contributed by atoms with Crippen molar-refractivity contribution in [2.24, 2.45) is 7.05 Å². The van der Waals surface area contributed by atoms with Gasteiger partial charge >= 0.3 is 6.18 Å². The van der Waals surface area contributed by atoms with Crippen LogP contribution in [0.3, 0.4) is 0 Å². The van der Waals surface area contributed by atoms with Crippen molar-refractivity contribution in [1.82, 2.24) is 24.8 Å². The van der Waals surface area contributed by atoms with Crippen LogP contribution in [0.4, 0.5) is 13.2 Å². The SMILES string of the molecule is Cc1cnc(C(=O)NC(c2nc3cc(C(F)(F)F)ccc3n2C)C2COCCO2)cn1. The van der Waals surface area contributed by atoms with E-state index >= 15 is 0 Å². The van der Waals surface area contributed by atoms with Crippen molar-refractivity contribution in [3.8, 4) is 0 Å². The predicted molar refractivity (Wildman–Crippen MR) is 103 cm³/mol. The Bertz CT molecular complexity index is 1090. The summed E-state index contributed by atoms with van der Waals surface area (Å²) < 4.78 is 52.2. The monoisotopic (exact) mass is 435 g/mol. The van der Waals surface area contributed by atoms with Gasteiger partial charge in [-0.15, -0.1) is 0 Å². The first kappa shape index (κ1) is 21.2. The number of halogens is 3. The Hall–Kier alpha value is -3.05. The van der Waals surface area contributed by atoms with Crippen LogP contribution in [0.25, 0.3) is 11.0 Å². The minimum absolute atomic E-state index is 0.102. The third kappa shape index (κ3) is 4.37. The van der Waals surface area contributed by atoms with Crippen molar-refractivity contribution in [1.29, 1.82) is 0 Å². The fourth-order valence-corrected chi connectivity index (χ4v) is 3.42. The van der Waals surface area contributed by atoms with Crippen LogP contribution in [0, 0.1) is 6.92 Å². The molecule has 0 bridgehead atoms. The maximum absolute atomic E-state index is 13.1. The molecule has 11 heteroatoms. The van der Waals surface area contributed by atoms with E-state index in [1.165, 1.54) is 18.5 Å². The van der Waals surface area contributed by atoms with Gasteiger partial charge in [-0.3, -0.25) is 9.78 Å². The van der Waals surface area contributed by atoms with Crippen molar-refractivity contribution in [3.63, 3.8) is 0 Å². The molecule has 1 aliphatic heterocycles. The molecule has 1 aromatic carbocycles. The number of carbonyl (C=O) groups excluding carboxylic acids is 1. The number of amides is 1. The van der Waals surface area contributed by atoms with E-state index in [2.05, 4.69) is 20.3 Å². The van der Waals surface area contributed by atoms with Crippen LogP contribution in [0.5, 0.6) is 0 Å². The van der Waals surface area contributed by atoms with E-state index in [1.54, 1.807) is 18.5 Å². The standard InChI is InChI=1S/C20H20F3N5O3/c1-11-8-25-14(9-24-11)19(29)27-17(16-10-30-5-6-31-16)18-26-13-7-12(20(21,22)23)3-4-15(13)28(18)2/h3-4,7-9,16-17H,5-6,10H2,1-2H3,(H,27,29). The van der Waals surface area contributed by atoms with Gasteiger partial charge in [0, 0.05) is 13.2 Å². The van der Waals surface area contributed by atoms with E-state index in [9.17, 15) is 18.0 Å². The van der Waals surface area contributed by atoms with Gasteiger partial charge in [0.2, 0.25) is 0 Å². The Kier molecular flexibility index (Phi) is 5.63. The van der Waals surface area contributed by atoms with Crippen molar-refractivity contribution >= 4 is 16.9 Å². The van der Waals surface area contributed by atoms with Crippen LogP contribution in [0.15, 0.2) is 30.6 Å². The van der Waals surface area contributed by atoms with E-state index in [-0.39, 0.29) is 17.8 Å². The smallest absolute Gasteiger partial charge is 0.376 e. The molecule has 164 valence electrons. The zero-order chi connectivity index (χ0) is 22.2. The van der Waals surface area contributed by atoms with Crippen LogP contribution in [-0.2, 0) is 22.7 Å². The number of alkyl halides is 3. The number of imidazole rings is 1. The van der Waals surface area contributed by atoms with Gasteiger partial charge in [-0.25, -0.2) is 9.97 Å². The summed E-state index contributed by atoms with van der Waals surface area (Å²) in [5.41, 5.74) is 0.628. The third-order valence-electron chi connectivity index (χ3n) is 5.03. The molecule has 3 aromatic rings. The number of carbonyl (C=O) groups is 1. The first-order chi connectivity index (χ1) is 14.7. The first-order valence-electron chi connectivity index (χ1n) is 9.56. The van der Waals surface area contributed by atoms with Crippen LogP contribution >= 0.6 is 0 Å². The second-order valence-corrected chi connectivity index (χ2v) is 7.21. The number of nitrogens with one attached hydrogen (secondary N) is 1. The minimum Gasteiger partial charge on any atom is -0.376 e. The van der Waals surface area contributed by atoms with E-state index < -0.39 is 29.8 Å². The average molecular weight is 435 g/mol. The number of hydrogen-bond acceptors (Lipinski definition) is 6. The van der Waals surface area contributed by atoms with Crippen LogP contribution in [0.1, 0.15) is 33.6 Å². The Morgan fingerprint density at radius 1 is 1.26 bits per heavy atom. The maximum atomic E-state index is 13.1. The van der Waals surface area contributed by atoms with Crippen LogP contribution in [0.2, 0.25) is 0 Å². The van der Waals surface area contributed by atoms with E-state index in [4.69, 9.17) is 9.47 Å². The molecule has 1 aliphatic rings. The Labute approximate surface area is 175 Å². The van der Waals surface area contributed by atoms with Gasteiger partial charge in [0.1, 0.15) is 23.7 Å². The molecule has 1 fully saturated rings. The number of ether oxygens (including phenoxy) is 2. The van der Waals surface area contributed by atoms with Gasteiger partial charge in [0.05, 0.1) is 48.3 Å². The van der Waals surface area contributed by atoms with E-state index in [0.717, 1.165) is 12.1 Å². The lowest BCUT2D eigenvalue weighted by Crippen LogP contribution is -2.44. The number of hydrogen-bond donors (Lipinski definition) is 1. The largest absolute Gasteiger partial charge is 0.416 e. The summed E-state index contributed by atoms with van der Waals surface area (Å²) in [7, 11) is 1.67. The van der Waals surface area contributed by atoms with Crippen molar-refractivity contribution in [3.05, 3.63) is 53.4 Å². The third-order valence-corrected chi connectivity index (χ3v) is 5.03. The van der Waals surface area contributed by atoms with Crippen LogP contribution in [-0.4, -0.2) is 51.4 Å². The summed E-state index contributed by atoms with van der Waals surface area (Å²) in [6.45, 7) is 2.68. The zero-order valence-electron chi connectivity index (χ0n) is 16.8. The molecule has 2 unspecified atom stereocenters.